The molecule has 23 heavy (non-hydrogen) atoms. The minimum atomic E-state index is -0.796. The number of benzene rings is 1. The van der Waals surface area contributed by atoms with Crippen molar-refractivity contribution in [2.24, 2.45) is 11.8 Å². The zero-order valence-corrected chi connectivity index (χ0v) is 13.9. The summed E-state index contributed by atoms with van der Waals surface area (Å²) in [6.07, 6.45) is 2.48. The lowest BCUT2D eigenvalue weighted by molar-refractivity contribution is -0.159. The van der Waals surface area contributed by atoms with Crippen molar-refractivity contribution in [1.29, 1.82) is 0 Å². The Labute approximate surface area is 137 Å². The van der Waals surface area contributed by atoms with Gasteiger partial charge in [-0.05, 0) is 43.8 Å². The van der Waals surface area contributed by atoms with Gasteiger partial charge in [-0.25, -0.2) is 0 Å². The summed E-state index contributed by atoms with van der Waals surface area (Å²) in [4.78, 5) is 25.9. The minimum absolute atomic E-state index is 0.352. The van der Waals surface area contributed by atoms with Gasteiger partial charge in [0.05, 0.1) is 14.2 Å². The average molecular weight is 319 g/mol. The standard InChI is InChI=1S/C18H25NO4/c1-22-17(20)16(18(21)23-2)12-14-8-10-19(11-9-14)13-15-6-4-3-5-7-15/h3-7,14,16H,8-13H2,1-2H3. The second-order valence-electron chi connectivity index (χ2n) is 6.04. The van der Waals surface area contributed by atoms with Gasteiger partial charge in [-0.2, -0.15) is 0 Å². The Bertz CT molecular complexity index is 493. The van der Waals surface area contributed by atoms with Gasteiger partial charge in [-0.15, -0.1) is 0 Å². The van der Waals surface area contributed by atoms with Gasteiger partial charge >= 0.3 is 11.9 Å². The van der Waals surface area contributed by atoms with Crippen LogP contribution < -0.4 is 0 Å². The fourth-order valence-corrected chi connectivity index (χ4v) is 3.13. The molecule has 1 aliphatic rings. The first-order chi connectivity index (χ1) is 11.1. The van der Waals surface area contributed by atoms with Crippen molar-refractivity contribution >= 4 is 11.9 Å². The summed E-state index contributed by atoms with van der Waals surface area (Å²) < 4.78 is 9.45. The molecule has 0 radical (unpaired) electrons. The molecule has 1 heterocycles. The smallest absolute Gasteiger partial charge is 0.320 e. The van der Waals surface area contributed by atoms with E-state index in [0.29, 0.717) is 12.3 Å². The first kappa shape index (κ1) is 17.5. The molecule has 5 nitrogen and oxygen atoms in total. The van der Waals surface area contributed by atoms with Gasteiger partial charge in [-0.1, -0.05) is 30.3 Å². The highest BCUT2D eigenvalue weighted by Crippen LogP contribution is 2.26. The van der Waals surface area contributed by atoms with Crippen LogP contribution in [-0.2, 0) is 25.6 Å². The van der Waals surface area contributed by atoms with Gasteiger partial charge in [0.15, 0.2) is 5.92 Å². The Hall–Kier alpha value is -1.88. The van der Waals surface area contributed by atoms with Crippen molar-refractivity contribution in [3.8, 4) is 0 Å². The molecule has 0 aliphatic carbocycles. The maximum absolute atomic E-state index is 11.8. The Morgan fingerprint density at radius 3 is 2.17 bits per heavy atom. The topological polar surface area (TPSA) is 55.8 Å². The van der Waals surface area contributed by atoms with Crippen molar-refractivity contribution in [3.63, 3.8) is 0 Å². The summed E-state index contributed by atoms with van der Waals surface area (Å²) >= 11 is 0. The van der Waals surface area contributed by atoms with Crippen LogP contribution in [0.5, 0.6) is 0 Å². The summed E-state index contributed by atoms with van der Waals surface area (Å²) in [6.45, 7) is 2.91. The molecule has 126 valence electrons. The van der Waals surface area contributed by atoms with Crippen molar-refractivity contribution < 1.29 is 19.1 Å². The number of carbonyl (C=O) groups is 2. The predicted molar refractivity (Wildman–Crippen MR) is 86.6 cm³/mol. The number of likely N-dealkylation sites (tertiary alicyclic amines) is 1. The fourth-order valence-electron chi connectivity index (χ4n) is 3.13. The molecule has 0 amide bonds. The van der Waals surface area contributed by atoms with Crippen LogP contribution >= 0.6 is 0 Å². The highest BCUT2D eigenvalue weighted by molar-refractivity contribution is 5.94. The number of carbonyl (C=O) groups excluding carboxylic acids is 2. The maximum atomic E-state index is 11.8. The largest absolute Gasteiger partial charge is 0.468 e. The van der Waals surface area contributed by atoms with E-state index >= 15 is 0 Å². The molecule has 0 saturated carbocycles. The van der Waals surface area contributed by atoms with Crippen LogP contribution in [0.25, 0.3) is 0 Å². The SMILES string of the molecule is COC(=O)C(CC1CCN(Cc2ccccc2)CC1)C(=O)OC. The molecular formula is C18H25NO4. The third-order valence-corrected chi connectivity index (χ3v) is 4.50. The maximum Gasteiger partial charge on any atom is 0.320 e. The number of ether oxygens (including phenoxy) is 2. The van der Waals surface area contributed by atoms with Gasteiger partial charge < -0.3 is 9.47 Å². The Morgan fingerprint density at radius 2 is 1.65 bits per heavy atom. The van der Waals surface area contributed by atoms with E-state index in [1.54, 1.807) is 0 Å². The molecule has 1 aromatic carbocycles. The van der Waals surface area contributed by atoms with E-state index in [1.165, 1.54) is 19.8 Å². The summed E-state index contributed by atoms with van der Waals surface area (Å²) in [5.74, 6) is -1.44. The van der Waals surface area contributed by atoms with Crippen molar-refractivity contribution in [3.05, 3.63) is 35.9 Å². The van der Waals surface area contributed by atoms with Gasteiger partial charge in [0.1, 0.15) is 0 Å². The quantitative estimate of drug-likeness (QED) is 0.594. The van der Waals surface area contributed by atoms with Crippen LogP contribution in [0.3, 0.4) is 0 Å². The van der Waals surface area contributed by atoms with Crippen LogP contribution in [0, 0.1) is 11.8 Å². The minimum Gasteiger partial charge on any atom is -0.468 e. The highest BCUT2D eigenvalue weighted by atomic mass is 16.5. The third-order valence-electron chi connectivity index (χ3n) is 4.50. The Kier molecular flexibility index (Phi) is 6.59. The van der Waals surface area contributed by atoms with Gasteiger partial charge in [0.25, 0.3) is 0 Å². The molecule has 0 unspecified atom stereocenters. The molecule has 0 N–H and O–H groups in total. The second-order valence-corrected chi connectivity index (χ2v) is 6.04. The summed E-state index contributed by atoms with van der Waals surface area (Å²) in [5.41, 5.74) is 1.31. The molecule has 1 saturated heterocycles. The number of piperidine rings is 1. The highest BCUT2D eigenvalue weighted by Gasteiger charge is 2.32. The lowest BCUT2D eigenvalue weighted by atomic mass is 9.87. The molecule has 5 heteroatoms. The van der Waals surface area contributed by atoms with Crippen molar-refractivity contribution in [2.45, 2.75) is 25.8 Å². The van der Waals surface area contributed by atoms with Crippen LogP contribution in [-0.4, -0.2) is 44.1 Å². The van der Waals surface area contributed by atoms with Crippen molar-refractivity contribution in [1.82, 2.24) is 4.90 Å². The fraction of sp³-hybridized carbons (Fsp3) is 0.556. The van der Waals surface area contributed by atoms with E-state index < -0.39 is 17.9 Å². The van der Waals surface area contributed by atoms with Crippen LogP contribution in [0.2, 0.25) is 0 Å². The Morgan fingerprint density at radius 1 is 1.09 bits per heavy atom. The van der Waals surface area contributed by atoms with Crippen LogP contribution in [0.1, 0.15) is 24.8 Å². The average Bonchev–Trinajstić information content (AvgIpc) is 2.60. The molecule has 0 aromatic heterocycles. The summed E-state index contributed by atoms with van der Waals surface area (Å²) in [7, 11) is 2.61. The third kappa shape index (κ3) is 5.06. The zero-order valence-electron chi connectivity index (χ0n) is 13.9. The number of methoxy groups -OCH3 is 2. The van der Waals surface area contributed by atoms with E-state index in [4.69, 9.17) is 9.47 Å². The zero-order chi connectivity index (χ0) is 16.7. The number of hydrogen-bond acceptors (Lipinski definition) is 5. The number of hydrogen-bond donors (Lipinski definition) is 0. The lowest BCUT2D eigenvalue weighted by Crippen LogP contribution is -2.36. The van der Waals surface area contributed by atoms with Crippen LogP contribution in [0.4, 0.5) is 0 Å². The van der Waals surface area contributed by atoms with E-state index in [-0.39, 0.29) is 0 Å². The normalized spacial score (nSPS) is 16.3. The van der Waals surface area contributed by atoms with Gasteiger partial charge in [-0.3, -0.25) is 14.5 Å². The van der Waals surface area contributed by atoms with E-state index in [0.717, 1.165) is 32.5 Å². The van der Waals surface area contributed by atoms with E-state index in [2.05, 4.69) is 29.2 Å². The number of nitrogens with zero attached hydrogens (tertiary/aromatic N) is 1. The number of rotatable bonds is 6. The molecule has 0 spiro atoms. The molecule has 1 fully saturated rings. The van der Waals surface area contributed by atoms with Gasteiger partial charge in [0.2, 0.25) is 0 Å². The predicted octanol–water partition coefficient (Wildman–Crippen LogP) is 2.25. The van der Waals surface area contributed by atoms with Gasteiger partial charge in [0, 0.05) is 6.54 Å². The van der Waals surface area contributed by atoms with Crippen molar-refractivity contribution in [2.75, 3.05) is 27.3 Å². The second kappa shape index (κ2) is 8.67. The number of esters is 2. The molecule has 1 aromatic rings. The first-order valence-corrected chi connectivity index (χ1v) is 8.06. The Balaban J connectivity index is 1.83. The monoisotopic (exact) mass is 319 g/mol. The molecule has 0 bridgehead atoms. The van der Waals surface area contributed by atoms with Crippen LogP contribution in [0.15, 0.2) is 30.3 Å². The lowest BCUT2D eigenvalue weighted by Gasteiger charge is -2.32. The molecule has 2 rings (SSSR count). The molecular weight excluding hydrogens is 294 g/mol. The molecule has 1 aliphatic heterocycles. The summed E-state index contributed by atoms with van der Waals surface area (Å²) in [6, 6.07) is 10.4. The van der Waals surface area contributed by atoms with E-state index in [1.807, 2.05) is 6.07 Å². The van der Waals surface area contributed by atoms with E-state index in [9.17, 15) is 9.59 Å². The first-order valence-electron chi connectivity index (χ1n) is 8.06. The summed E-state index contributed by atoms with van der Waals surface area (Å²) in [5, 5.41) is 0. The molecule has 0 atom stereocenters.